The number of pyridine rings is 1. The number of likely N-dealkylation sites (tertiary alicyclic amines) is 1. The maximum absolute atomic E-state index is 12.3. The van der Waals surface area contributed by atoms with E-state index in [0.717, 1.165) is 77.7 Å². The highest BCUT2D eigenvalue weighted by molar-refractivity contribution is 5.96. The zero-order valence-electron chi connectivity index (χ0n) is 25.7. The highest BCUT2D eigenvalue weighted by atomic mass is 16.5. The van der Waals surface area contributed by atoms with Crippen molar-refractivity contribution in [2.45, 2.75) is 50.5 Å². The van der Waals surface area contributed by atoms with Gasteiger partial charge in [-0.25, -0.2) is 9.67 Å². The summed E-state index contributed by atoms with van der Waals surface area (Å²) in [7, 11) is 5.58. The smallest absolute Gasteiger partial charge is 0.253 e. The summed E-state index contributed by atoms with van der Waals surface area (Å²) in [5, 5.41) is 18.4. The molecule has 2 aliphatic heterocycles. The van der Waals surface area contributed by atoms with Crippen LogP contribution >= 0.6 is 0 Å². The SMILES string of the molecule is CN(C)C(=O)c1ccc(C2(O)CCN(Cc3cc4c(-c5ccc6c(cnn6C6CCCCO6)c5)ccnc4n3C)CC2)cc1. The molecule has 2 fully saturated rings. The molecule has 5 aromatic rings. The predicted molar refractivity (Wildman–Crippen MR) is 171 cm³/mol. The molecule has 7 rings (SSSR count). The van der Waals surface area contributed by atoms with Crippen LogP contribution in [0.25, 0.3) is 33.1 Å². The third kappa shape index (κ3) is 5.19. The first-order valence-corrected chi connectivity index (χ1v) is 15.6. The second-order valence-electron chi connectivity index (χ2n) is 12.6. The van der Waals surface area contributed by atoms with Crippen molar-refractivity contribution in [3.8, 4) is 11.1 Å². The first-order chi connectivity index (χ1) is 21.3. The van der Waals surface area contributed by atoms with Crippen LogP contribution in [0.2, 0.25) is 0 Å². The van der Waals surface area contributed by atoms with Crippen molar-refractivity contribution in [1.29, 1.82) is 0 Å². The lowest BCUT2D eigenvalue weighted by Gasteiger charge is -2.38. The fourth-order valence-electron chi connectivity index (χ4n) is 6.82. The third-order valence-electron chi connectivity index (χ3n) is 9.51. The van der Waals surface area contributed by atoms with Gasteiger partial charge < -0.3 is 19.3 Å². The molecule has 9 nitrogen and oxygen atoms in total. The van der Waals surface area contributed by atoms with E-state index in [1.54, 1.807) is 19.0 Å². The quantitative estimate of drug-likeness (QED) is 0.281. The number of nitrogens with zero attached hydrogens (tertiary/aromatic N) is 6. The topological polar surface area (TPSA) is 88.7 Å². The number of amides is 1. The van der Waals surface area contributed by atoms with E-state index in [4.69, 9.17) is 9.72 Å². The Bertz CT molecular complexity index is 1810. The van der Waals surface area contributed by atoms with Crippen molar-refractivity contribution in [2.75, 3.05) is 33.8 Å². The van der Waals surface area contributed by atoms with Gasteiger partial charge in [0.1, 0.15) is 5.65 Å². The van der Waals surface area contributed by atoms with Crippen molar-refractivity contribution in [1.82, 2.24) is 29.1 Å². The van der Waals surface area contributed by atoms with Crippen LogP contribution in [-0.4, -0.2) is 73.9 Å². The lowest BCUT2D eigenvalue weighted by atomic mass is 9.84. The molecule has 1 N–H and O–H groups in total. The maximum Gasteiger partial charge on any atom is 0.253 e. The number of fused-ring (bicyclic) bond motifs is 2. The first-order valence-electron chi connectivity index (χ1n) is 15.6. The summed E-state index contributed by atoms with van der Waals surface area (Å²) >= 11 is 0. The average Bonchev–Trinajstić information content (AvgIpc) is 3.62. The van der Waals surface area contributed by atoms with Crippen molar-refractivity contribution < 1.29 is 14.6 Å². The van der Waals surface area contributed by atoms with Crippen LogP contribution in [0, 0.1) is 0 Å². The second kappa shape index (κ2) is 11.5. The van der Waals surface area contributed by atoms with Gasteiger partial charge in [0.25, 0.3) is 5.91 Å². The van der Waals surface area contributed by atoms with Crippen molar-refractivity contribution in [3.05, 3.63) is 83.8 Å². The third-order valence-corrected chi connectivity index (χ3v) is 9.51. The molecule has 2 saturated heterocycles. The molecule has 0 bridgehead atoms. The van der Waals surface area contributed by atoms with Gasteiger partial charge in [0, 0.05) is 75.6 Å². The largest absolute Gasteiger partial charge is 0.385 e. The number of benzene rings is 2. The lowest BCUT2D eigenvalue weighted by Crippen LogP contribution is -2.42. The first kappa shape index (κ1) is 28.7. The lowest BCUT2D eigenvalue weighted by molar-refractivity contribution is -0.0366. The second-order valence-corrected chi connectivity index (χ2v) is 12.6. The molecule has 1 atom stereocenters. The maximum atomic E-state index is 12.3. The van der Waals surface area contributed by atoms with Gasteiger partial charge in [0.2, 0.25) is 0 Å². The minimum Gasteiger partial charge on any atom is -0.385 e. The summed E-state index contributed by atoms with van der Waals surface area (Å²) in [6.45, 7) is 3.14. The molecule has 5 heterocycles. The van der Waals surface area contributed by atoms with Crippen LogP contribution in [0.15, 0.2) is 67.0 Å². The number of hydrogen-bond donors (Lipinski definition) is 1. The molecule has 44 heavy (non-hydrogen) atoms. The Labute approximate surface area is 257 Å². The van der Waals surface area contributed by atoms with Crippen molar-refractivity contribution >= 4 is 27.8 Å². The van der Waals surface area contributed by atoms with Crippen molar-refractivity contribution in [2.24, 2.45) is 7.05 Å². The molecular weight excluding hydrogens is 552 g/mol. The number of rotatable bonds is 6. The fraction of sp³-hybridized carbons (Fsp3) is 0.400. The Morgan fingerprint density at radius 3 is 2.59 bits per heavy atom. The van der Waals surface area contributed by atoms with E-state index in [1.807, 2.05) is 41.3 Å². The van der Waals surface area contributed by atoms with Crippen LogP contribution in [0.4, 0.5) is 0 Å². The summed E-state index contributed by atoms with van der Waals surface area (Å²) in [6.07, 6.45) is 8.42. The highest BCUT2D eigenvalue weighted by Crippen LogP contribution is 2.36. The number of hydrogen-bond acceptors (Lipinski definition) is 6. The number of aryl methyl sites for hydroxylation is 1. The van der Waals surface area contributed by atoms with E-state index in [-0.39, 0.29) is 12.1 Å². The van der Waals surface area contributed by atoms with Gasteiger partial charge in [-0.1, -0.05) is 18.2 Å². The molecule has 0 aliphatic carbocycles. The number of aromatic nitrogens is 4. The number of carbonyl (C=O) groups excluding carboxylic acids is 1. The van der Waals surface area contributed by atoms with E-state index in [0.29, 0.717) is 18.4 Å². The average molecular weight is 593 g/mol. The molecule has 1 unspecified atom stereocenters. The Kier molecular flexibility index (Phi) is 7.48. The zero-order chi connectivity index (χ0) is 30.4. The summed E-state index contributed by atoms with van der Waals surface area (Å²) in [6, 6.07) is 18.4. The number of aliphatic hydroxyl groups is 1. The minimum atomic E-state index is -0.889. The monoisotopic (exact) mass is 592 g/mol. The molecule has 0 radical (unpaired) electrons. The molecule has 0 spiro atoms. The summed E-state index contributed by atoms with van der Waals surface area (Å²) in [4.78, 5) is 21.0. The molecule has 2 aromatic carbocycles. The van der Waals surface area contributed by atoms with E-state index in [1.165, 1.54) is 12.1 Å². The van der Waals surface area contributed by atoms with Crippen LogP contribution in [0.5, 0.6) is 0 Å². The standard InChI is InChI=1S/C35H40N6O3/c1-38(2)34(42)24-7-10-27(11-8-24)35(43)14-17-40(18-15-35)23-28-21-30-29(13-16-36-33(30)39(28)3)25-9-12-31-26(20-25)22-37-41(31)32-6-4-5-19-44-32/h7-13,16,20-22,32,43H,4-6,14-15,17-19,23H2,1-3H3. The van der Waals surface area contributed by atoms with E-state index in [9.17, 15) is 9.90 Å². The summed E-state index contributed by atoms with van der Waals surface area (Å²) in [5.74, 6) is -0.0348. The normalized spacial score (nSPS) is 19.0. The number of ether oxygens (including phenoxy) is 1. The molecule has 0 saturated carbocycles. The highest BCUT2D eigenvalue weighted by Gasteiger charge is 2.34. The fourth-order valence-corrected chi connectivity index (χ4v) is 6.82. The Hall–Kier alpha value is -4.05. The van der Waals surface area contributed by atoms with Gasteiger partial charge in [-0.2, -0.15) is 5.10 Å². The van der Waals surface area contributed by atoms with Crippen LogP contribution in [-0.2, 0) is 23.9 Å². The zero-order valence-corrected chi connectivity index (χ0v) is 25.7. The molecule has 1 amide bonds. The Morgan fingerprint density at radius 1 is 1.07 bits per heavy atom. The summed E-state index contributed by atoms with van der Waals surface area (Å²) in [5.41, 5.74) is 6.18. The van der Waals surface area contributed by atoms with E-state index >= 15 is 0 Å². The molecule has 3 aromatic heterocycles. The van der Waals surface area contributed by atoms with Gasteiger partial charge in [-0.15, -0.1) is 0 Å². The Balaban J connectivity index is 1.08. The number of piperidine rings is 1. The van der Waals surface area contributed by atoms with Gasteiger partial charge >= 0.3 is 0 Å². The number of carbonyl (C=O) groups is 1. The predicted octanol–water partition coefficient (Wildman–Crippen LogP) is 5.47. The van der Waals surface area contributed by atoms with Gasteiger partial charge in [-0.3, -0.25) is 9.69 Å². The Morgan fingerprint density at radius 2 is 1.86 bits per heavy atom. The van der Waals surface area contributed by atoms with E-state index in [2.05, 4.69) is 51.9 Å². The van der Waals surface area contributed by atoms with Crippen LogP contribution in [0.1, 0.15) is 59.9 Å². The molecule has 9 heteroatoms. The van der Waals surface area contributed by atoms with Gasteiger partial charge in [0.15, 0.2) is 6.23 Å². The molecule has 228 valence electrons. The molecule has 2 aliphatic rings. The van der Waals surface area contributed by atoms with Crippen molar-refractivity contribution in [3.63, 3.8) is 0 Å². The minimum absolute atomic E-state index is 0.0153. The van der Waals surface area contributed by atoms with Gasteiger partial charge in [-0.05, 0) is 85.2 Å². The molecular formula is C35H40N6O3. The van der Waals surface area contributed by atoms with Gasteiger partial charge in [0.05, 0.1) is 17.3 Å². The van der Waals surface area contributed by atoms with Crippen LogP contribution in [0.3, 0.4) is 0 Å². The summed E-state index contributed by atoms with van der Waals surface area (Å²) < 4.78 is 10.2. The van der Waals surface area contributed by atoms with Crippen LogP contribution < -0.4 is 0 Å². The van der Waals surface area contributed by atoms with E-state index < -0.39 is 5.60 Å².